The van der Waals surface area contributed by atoms with E-state index < -0.39 is 0 Å². The van der Waals surface area contributed by atoms with Gasteiger partial charge in [-0.3, -0.25) is 4.79 Å². The van der Waals surface area contributed by atoms with Gasteiger partial charge >= 0.3 is 0 Å². The minimum atomic E-state index is 0.376. The largest absolute Gasteiger partial charge is 0.376 e. The molecule has 0 spiro atoms. The fraction of sp³-hybridized carbons (Fsp3) is 0.722. The van der Waals surface area contributed by atoms with Crippen LogP contribution in [0, 0.1) is 11.8 Å². The third-order valence-corrected chi connectivity index (χ3v) is 5.08. The highest BCUT2D eigenvalue weighted by Gasteiger charge is 2.26. The molecule has 0 atom stereocenters. The van der Waals surface area contributed by atoms with Crippen LogP contribution in [0.5, 0.6) is 0 Å². The first kappa shape index (κ1) is 16.1. The number of hydrogen-bond acceptors (Lipinski definition) is 2. The van der Waals surface area contributed by atoms with Crippen LogP contribution >= 0.6 is 0 Å². The predicted molar refractivity (Wildman–Crippen MR) is 87.8 cm³/mol. The third-order valence-electron chi connectivity index (χ3n) is 5.08. The second-order valence-electron chi connectivity index (χ2n) is 6.72. The number of amides is 1. The Morgan fingerprint density at radius 3 is 2.10 bits per heavy atom. The number of piperidine rings is 2. The van der Waals surface area contributed by atoms with Gasteiger partial charge in [0.2, 0.25) is 5.91 Å². The molecule has 118 valence electrons. The number of allylic oxidation sites excluding steroid dienone is 2. The summed E-state index contributed by atoms with van der Waals surface area (Å²) >= 11 is 0. The predicted octanol–water partition coefficient (Wildman–Crippen LogP) is 3.44. The van der Waals surface area contributed by atoms with Crippen LogP contribution in [0.15, 0.2) is 24.9 Å². The van der Waals surface area contributed by atoms with Gasteiger partial charge in [-0.1, -0.05) is 12.7 Å². The molecular weight excluding hydrogens is 260 g/mol. The second-order valence-corrected chi connectivity index (χ2v) is 6.72. The fourth-order valence-electron chi connectivity index (χ4n) is 3.55. The fourth-order valence-corrected chi connectivity index (χ4v) is 3.55. The Balaban J connectivity index is 1.71. The standard InChI is InChI=1S/C18H30N2O/c1-4-5-16-6-12-20(13-7-16)18(21)14-17-8-10-19(11-9-17)15(2)3/h4,16-17H,1-2,5-14H2,3H3. The van der Waals surface area contributed by atoms with Gasteiger partial charge in [-0.2, -0.15) is 0 Å². The molecule has 0 aromatic carbocycles. The van der Waals surface area contributed by atoms with Crippen molar-refractivity contribution in [1.82, 2.24) is 9.80 Å². The zero-order chi connectivity index (χ0) is 15.2. The summed E-state index contributed by atoms with van der Waals surface area (Å²) in [4.78, 5) is 16.8. The Morgan fingerprint density at radius 1 is 1.05 bits per heavy atom. The number of carbonyl (C=O) groups is 1. The Bertz CT molecular complexity index is 375. The van der Waals surface area contributed by atoms with E-state index in [2.05, 4.69) is 29.9 Å². The molecule has 0 aliphatic carbocycles. The monoisotopic (exact) mass is 290 g/mol. The van der Waals surface area contributed by atoms with Crippen LogP contribution in [0.4, 0.5) is 0 Å². The Kier molecular flexibility index (Phi) is 5.89. The lowest BCUT2D eigenvalue weighted by Gasteiger charge is -2.36. The summed E-state index contributed by atoms with van der Waals surface area (Å²) in [5, 5.41) is 0. The molecule has 0 N–H and O–H groups in total. The molecule has 3 heteroatoms. The van der Waals surface area contributed by atoms with Crippen molar-refractivity contribution in [2.24, 2.45) is 11.8 Å². The van der Waals surface area contributed by atoms with E-state index in [1.807, 2.05) is 6.08 Å². The van der Waals surface area contributed by atoms with Crippen molar-refractivity contribution < 1.29 is 4.79 Å². The first-order valence-corrected chi connectivity index (χ1v) is 8.39. The molecule has 0 unspecified atom stereocenters. The highest BCUT2D eigenvalue weighted by atomic mass is 16.2. The average molecular weight is 290 g/mol. The summed E-state index contributed by atoms with van der Waals surface area (Å²) in [6.07, 6.45) is 8.41. The van der Waals surface area contributed by atoms with Crippen molar-refractivity contribution in [1.29, 1.82) is 0 Å². The van der Waals surface area contributed by atoms with Crippen LogP contribution < -0.4 is 0 Å². The zero-order valence-electron chi connectivity index (χ0n) is 13.5. The molecule has 0 radical (unpaired) electrons. The maximum Gasteiger partial charge on any atom is 0.222 e. The van der Waals surface area contributed by atoms with Crippen LogP contribution in [-0.4, -0.2) is 41.9 Å². The minimum absolute atomic E-state index is 0.376. The molecule has 3 nitrogen and oxygen atoms in total. The quantitative estimate of drug-likeness (QED) is 0.724. The van der Waals surface area contributed by atoms with Gasteiger partial charge in [0.1, 0.15) is 0 Å². The van der Waals surface area contributed by atoms with E-state index in [-0.39, 0.29) is 0 Å². The van der Waals surface area contributed by atoms with Gasteiger partial charge in [0, 0.05) is 38.3 Å². The number of nitrogens with zero attached hydrogens (tertiary/aromatic N) is 2. The highest BCUT2D eigenvalue weighted by Crippen LogP contribution is 2.25. The number of rotatable bonds is 5. The van der Waals surface area contributed by atoms with Crippen molar-refractivity contribution in [2.75, 3.05) is 26.2 Å². The van der Waals surface area contributed by atoms with Gasteiger partial charge in [0.15, 0.2) is 0 Å². The molecule has 2 aliphatic heterocycles. The smallest absolute Gasteiger partial charge is 0.222 e. The Labute approximate surface area is 129 Å². The van der Waals surface area contributed by atoms with E-state index in [4.69, 9.17) is 0 Å². The highest BCUT2D eigenvalue weighted by molar-refractivity contribution is 5.76. The SMILES string of the molecule is C=CCC1CCN(C(=O)CC2CCN(C(=C)C)CC2)CC1. The van der Waals surface area contributed by atoms with E-state index in [0.717, 1.165) is 76.3 Å². The molecule has 0 aromatic rings. The van der Waals surface area contributed by atoms with Crippen molar-refractivity contribution in [3.05, 3.63) is 24.9 Å². The summed E-state index contributed by atoms with van der Waals surface area (Å²) in [6.45, 7) is 13.9. The lowest BCUT2D eigenvalue weighted by atomic mass is 9.90. The van der Waals surface area contributed by atoms with E-state index in [9.17, 15) is 4.79 Å². The molecule has 2 aliphatic rings. The molecule has 0 bridgehead atoms. The van der Waals surface area contributed by atoms with Gasteiger partial charge in [0.05, 0.1) is 0 Å². The minimum Gasteiger partial charge on any atom is -0.376 e. The molecule has 2 heterocycles. The third kappa shape index (κ3) is 4.62. The van der Waals surface area contributed by atoms with Crippen molar-refractivity contribution >= 4 is 5.91 Å². The lowest BCUT2D eigenvalue weighted by Crippen LogP contribution is -2.40. The number of carbonyl (C=O) groups excluding carboxylic acids is 1. The van der Waals surface area contributed by atoms with Gasteiger partial charge in [-0.15, -0.1) is 6.58 Å². The maximum absolute atomic E-state index is 12.4. The summed E-state index contributed by atoms with van der Waals surface area (Å²) in [7, 11) is 0. The summed E-state index contributed by atoms with van der Waals surface area (Å²) < 4.78 is 0. The Hall–Kier alpha value is -1.25. The molecular formula is C18H30N2O. The molecule has 1 amide bonds. The first-order chi connectivity index (χ1) is 10.1. The van der Waals surface area contributed by atoms with Crippen LogP contribution in [0.2, 0.25) is 0 Å². The van der Waals surface area contributed by atoms with Crippen LogP contribution in [0.25, 0.3) is 0 Å². The summed E-state index contributed by atoms with van der Waals surface area (Å²) in [5.74, 6) is 1.69. The van der Waals surface area contributed by atoms with Crippen LogP contribution in [0.1, 0.15) is 45.4 Å². The van der Waals surface area contributed by atoms with E-state index in [0.29, 0.717) is 11.8 Å². The van der Waals surface area contributed by atoms with E-state index >= 15 is 0 Å². The topological polar surface area (TPSA) is 23.6 Å². The molecule has 2 saturated heterocycles. The Morgan fingerprint density at radius 2 is 1.57 bits per heavy atom. The molecule has 2 rings (SSSR count). The molecule has 0 saturated carbocycles. The van der Waals surface area contributed by atoms with Gasteiger partial charge in [-0.05, 0) is 50.9 Å². The van der Waals surface area contributed by atoms with Crippen LogP contribution in [-0.2, 0) is 4.79 Å². The lowest BCUT2D eigenvalue weighted by molar-refractivity contribution is -0.133. The second kappa shape index (κ2) is 7.67. The molecule has 2 fully saturated rings. The first-order valence-electron chi connectivity index (χ1n) is 8.39. The summed E-state index contributed by atoms with van der Waals surface area (Å²) in [5.41, 5.74) is 1.16. The van der Waals surface area contributed by atoms with Crippen molar-refractivity contribution in [2.45, 2.75) is 45.4 Å². The van der Waals surface area contributed by atoms with Gasteiger partial charge < -0.3 is 9.80 Å². The van der Waals surface area contributed by atoms with Crippen molar-refractivity contribution in [3.8, 4) is 0 Å². The van der Waals surface area contributed by atoms with Crippen LogP contribution in [0.3, 0.4) is 0 Å². The van der Waals surface area contributed by atoms with E-state index in [1.165, 1.54) is 0 Å². The molecule has 21 heavy (non-hydrogen) atoms. The summed E-state index contributed by atoms with van der Waals surface area (Å²) in [6, 6.07) is 0. The zero-order valence-corrected chi connectivity index (χ0v) is 13.5. The number of likely N-dealkylation sites (tertiary alicyclic amines) is 2. The van der Waals surface area contributed by atoms with Gasteiger partial charge in [0.25, 0.3) is 0 Å². The average Bonchev–Trinajstić information content (AvgIpc) is 2.49. The molecule has 0 aromatic heterocycles. The number of hydrogen-bond donors (Lipinski definition) is 0. The van der Waals surface area contributed by atoms with E-state index in [1.54, 1.807) is 0 Å². The maximum atomic E-state index is 12.4. The normalized spacial score (nSPS) is 21.4. The van der Waals surface area contributed by atoms with Crippen molar-refractivity contribution in [3.63, 3.8) is 0 Å². The van der Waals surface area contributed by atoms with Gasteiger partial charge in [-0.25, -0.2) is 0 Å².